The third-order valence-corrected chi connectivity index (χ3v) is 5.08. The van der Waals surface area contributed by atoms with E-state index in [4.69, 9.17) is 4.74 Å². The fourth-order valence-electron chi connectivity index (χ4n) is 1.98. The molecule has 0 bridgehead atoms. The molecular weight excluding hydrogens is 228 g/mol. The molecule has 1 N–H and O–H groups in total. The molecule has 0 spiro atoms. The van der Waals surface area contributed by atoms with Gasteiger partial charge in [0.25, 0.3) is 0 Å². The second-order valence-electron chi connectivity index (χ2n) is 4.63. The Kier molecular flexibility index (Phi) is 3.84. The molecule has 5 nitrogen and oxygen atoms in total. The van der Waals surface area contributed by atoms with E-state index in [0.717, 1.165) is 12.8 Å². The molecule has 1 heterocycles. The molecule has 1 aliphatic carbocycles. The van der Waals surface area contributed by atoms with E-state index < -0.39 is 10.0 Å². The van der Waals surface area contributed by atoms with Crippen LogP contribution < -0.4 is 5.32 Å². The molecule has 1 saturated carbocycles. The van der Waals surface area contributed by atoms with E-state index in [2.05, 4.69) is 5.32 Å². The molecule has 0 aromatic heterocycles. The Morgan fingerprint density at radius 2 is 2.19 bits per heavy atom. The molecule has 0 amide bonds. The van der Waals surface area contributed by atoms with Crippen LogP contribution in [-0.4, -0.2) is 57.9 Å². The first-order valence-corrected chi connectivity index (χ1v) is 7.47. The third-order valence-electron chi connectivity index (χ3n) is 3.07. The molecule has 2 rings (SSSR count). The monoisotopic (exact) mass is 248 g/mol. The summed E-state index contributed by atoms with van der Waals surface area (Å²) in [6.07, 6.45) is 2.14. The summed E-state index contributed by atoms with van der Waals surface area (Å²) in [6.45, 7) is 2.22. The standard InChI is InChI=1S/C10H20N2O3S/c1-11-6-10-7-12(4-5-15-10)16(13,14)8-9-2-3-9/h9-11H,2-8H2,1H3. The van der Waals surface area contributed by atoms with Crippen LogP contribution in [0.5, 0.6) is 0 Å². The van der Waals surface area contributed by atoms with Gasteiger partial charge in [-0.15, -0.1) is 0 Å². The van der Waals surface area contributed by atoms with Gasteiger partial charge < -0.3 is 10.1 Å². The van der Waals surface area contributed by atoms with Crippen LogP contribution >= 0.6 is 0 Å². The van der Waals surface area contributed by atoms with Crippen LogP contribution in [0.25, 0.3) is 0 Å². The van der Waals surface area contributed by atoms with Gasteiger partial charge in [-0.25, -0.2) is 8.42 Å². The van der Waals surface area contributed by atoms with Crippen LogP contribution in [0.4, 0.5) is 0 Å². The van der Waals surface area contributed by atoms with Gasteiger partial charge in [-0.05, 0) is 25.8 Å². The van der Waals surface area contributed by atoms with E-state index in [0.29, 0.717) is 37.9 Å². The van der Waals surface area contributed by atoms with Crippen molar-refractivity contribution in [3.8, 4) is 0 Å². The second-order valence-corrected chi connectivity index (χ2v) is 6.64. The number of ether oxygens (including phenoxy) is 1. The fourth-order valence-corrected chi connectivity index (χ4v) is 3.87. The number of morpholine rings is 1. The first-order chi connectivity index (χ1) is 7.62. The lowest BCUT2D eigenvalue weighted by atomic mass is 10.3. The van der Waals surface area contributed by atoms with Crippen molar-refractivity contribution >= 4 is 10.0 Å². The lowest BCUT2D eigenvalue weighted by Gasteiger charge is -2.32. The van der Waals surface area contributed by atoms with Gasteiger partial charge in [0, 0.05) is 19.6 Å². The molecule has 1 unspecified atom stereocenters. The number of hydrogen-bond acceptors (Lipinski definition) is 4. The van der Waals surface area contributed by atoms with Gasteiger partial charge in [0.05, 0.1) is 18.5 Å². The number of likely N-dealkylation sites (N-methyl/N-ethyl adjacent to an activating group) is 1. The third kappa shape index (κ3) is 3.16. The zero-order valence-electron chi connectivity index (χ0n) is 9.68. The molecule has 94 valence electrons. The van der Waals surface area contributed by atoms with E-state index >= 15 is 0 Å². The molecule has 2 fully saturated rings. The van der Waals surface area contributed by atoms with E-state index in [1.807, 2.05) is 7.05 Å². The predicted octanol–water partition coefficient (Wildman–Crippen LogP) is -0.354. The Morgan fingerprint density at radius 1 is 1.44 bits per heavy atom. The zero-order valence-corrected chi connectivity index (χ0v) is 10.5. The molecule has 16 heavy (non-hydrogen) atoms. The number of nitrogens with one attached hydrogen (secondary N) is 1. The normalized spacial score (nSPS) is 28.2. The highest BCUT2D eigenvalue weighted by molar-refractivity contribution is 7.89. The SMILES string of the molecule is CNCC1CN(S(=O)(=O)CC2CC2)CCO1. The summed E-state index contributed by atoms with van der Waals surface area (Å²) in [5.74, 6) is 0.745. The number of sulfonamides is 1. The lowest BCUT2D eigenvalue weighted by Crippen LogP contribution is -2.49. The molecule has 6 heteroatoms. The average molecular weight is 248 g/mol. The van der Waals surface area contributed by atoms with Crippen LogP contribution in [0, 0.1) is 5.92 Å². The summed E-state index contributed by atoms with van der Waals surface area (Å²) >= 11 is 0. The maximum absolute atomic E-state index is 12.0. The Hall–Kier alpha value is -0.170. The quantitative estimate of drug-likeness (QED) is 0.722. The summed E-state index contributed by atoms with van der Waals surface area (Å²) in [4.78, 5) is 0. The van der Waals surface area contributed by atoms with Gasteiger partial charge in [-0.3, -0.25) is 0 Å². The number of rotatable bonds is 5. The molecule has 0 aromatic rings. The minimum Gasteiger partial charge on any atom is -0.374 e. The highest BCUT2D eigenvalue weighted by Gasteiger charge is 2.34. The van der Waals surface area contributed by atoms with Crippen LogP contribution in [-0.2, 0) is 14.8 Å². The van der Waals surface area contributed by atoms with Crippen LogP contribution in [0.1, 0.15) is 12.8 Å². The first-order valence-electron chi connectivity index (χ1n) is 5.86. The maximum atomic E-state index is 12.0. The predicted molar refractivity (Wildman–Crippen MR) is 61.8 cm³/mol. The van der Waals surface area contributed by atoms with Crippen molar-refractivity contribution in [3.63, 3.8) is 0 Å². The molecule has 0 aromatic carbocycles. The average Bonchev–Trinajstić information content (AvgIpc) is 3.02. The Bertz CT molecular complexity index is 325. The zero-order chi connectivity index (χ0) is 11.6. The van der Waals surface area contributed by atoms with Crippen molar-refractivity contribution in [2.45, 2.75) is 18.9 Å². The summed E-state index contributed by atoms with van der Waals surface area (Å²) in [5, 5.41) is 3.02. The van der Waals surface area contributed by atoms with E-state index in [9.17, 15) is 8.42 Å². The van der Waals surface area contributed by atoms with Crippen LogP contribution in [0.15, 0.2) is 0 Å². The van der Waals surface area contributed by atoms with Gasteiger partial charge in [0.15, 0.2) is 0 Å². The second kappa shape index (κ2) is 5.00. The summed E-state index contributed by atoms with van der Waals surface area (Å²) in [5.41, 5.74) is 0. The summed E-state index contributed by atoms with van der Waals surface area (Å²) in [6, 6.07) is 0. The fraction of sp³-hybridized carbons (Fsp3) is 1.00. The van der Waals surface area contributed by atoms with Crippen molar-refractivity contribution < 1.29 is 13.2 Å². The van der Waals surface area contributed by atoms with Crippen LogP contribution in [0.3, 0.4) is 0 Å². The lowest BCUT2D eigenvalue weighted by molar-refractivity contribution is 0.000806. The number of nitrogens with zero attached hydrogens (tertiary/aromatic N) is 1. The minimum atomic E-state index is -3.05. The molecule has 1 saturated heterocycles. The highest BCUT2D eigenvalue weighted by Crippen LogP contribution is 2.31. The van der Waals surface area contributed by atoms with Crippen molar-refractivity contribution in [1.29, 1.82) is 0 Å². The topological polar surface area (TPSA) is 58.6 Å². The smallest absolute Gasteiger partial charge is 0.214 e. The molecule has 1 atom stereocenters. The van der Waals surface area contributed by atoms with Gasteiger partial charge >= 0.3 is 0 Å². The number of hydrogen-bond donors (Lipinski definition) is 1. The van der Waals surface area contributed by atoms with E-state index in [-0.39, 0.29) is 6.10 Å². The highest BCUT2D eigenvalue weighted by atomic mass is 32.2. The van der Waals surface area contributed by atoms with Gasteiger partial charge in [-0.2, -0.15) is 4.31 Å². The van der Waals surface area contributed by atoms with Gasteiger partial charge in [0.1, 0.15) is 0 Å². The van der Waals surface area contributed by atoms with Gasteiger partial charge in [-0.1, -0.05) is 0 Å². The summed E-state index contributed by atoms with van der Waals surface area (Å²) in [7, 11) is -1.20. The Morgan fingerprint density at radius 3 is 2.81 bits per heavy atom. The minimum absolute atomic E-state index is 0.00673. The molecule has 1 aliphatic heterocycles. The van der Waals surface area contributed by atoms with Crippen molar-refractivity contribution in [1.82, 2.24) is 9.62 Å². The largest absolute Gasteiger partial charge is 0.374 e. The summed E-state index contributed by atoms with van der Waals surface area (Å²) < 4.78 is 31.2. The van der Waals surface area contributed by atoms with Crippen molar-refractivity contribution in [2.75, 3.05) is 39.0 Å². The van der Waals surface area contributed by atoms with Crippen LogP contribution in [0.2, 0.25) is 0 Å². The van der Waals surface area contributed by atoms with Crippen molar-refractivity contribution in [2.24, 2.45) is 5.92 Å². The molecule has 0 radical (unpaired) electrons. The Balaban J connectivity index is 1.91. The molecular formula is C10H20N2O3S. The van der Waals surface area contributed by atoms with E-state index in [1.165, 1.54) is 0 Å². The Labute approximate surface area is 97.2 Å². The molecule has 2 aliphatic rings. The van der Waals surface area contributed by atoms with Gasteiger partial charge in [0.2, 0.25) is 10.0 Å². The van der Waals surface area contributed by atoms with Crippen molar-refractivity contribution in [3.05, 3.63) is 0 Å². The van der Waals surface area contributed by atoms with E-state index in [1.54, 1.807) is 4.31 Å². The first kappa shape index (κ1) is 12.3. The maximum Gasteiger partial charge on any atom is 0.214 e.